The molecule has 1 aliphatic heterocycles. The Kier molecular flexibility index (Phi) is 7.14. The molecule has 3 aromatic rings. The molecule has 0 saturated carbocycles. The number of hydrogen-bond acceptors (Lipinski definition) is 4. The van der Waals surface area contributed by atoms with Gasteiger partial charge in [0.05, 0.1) is 16.6 Å². The van der Waals surface area contributed by atoms with E-state index in [0.717, 1.165) is 20.5 Å². The van der Waals surface area contributed by atoms with Crippen LogP contribution >= 0.6 is 31.9 Å². The van der Waals surface area contributed by atoms with Crippen molar-refractivity contribution in [3.05, 3.63) is 104 Å². The van der Waals surface area contributed by atoms with Crippen LogP contribution in [0.25, 0.3) is 6.08 Å². The number of rotatable bonds is 7. The highest BCUT2D eigenvalue weighted by atomic mass is 79.9. The number of halogens is 2. The van der Waals surface area contributed by atoms with Gasteiger partial charge in [0.25, 0.3) is 5.91 Å². The molecule has 0 spiro atoms. The molecule has 0 bridgehead atoms. The number of aromatic carboxylic acids is 1. The highest BCUT2D eigenvalue weighted by Crippen LogP contribution is 2.28. The van der Waals surface area contributed by atoms with E-state index in [-0.39, 0.29) is 24.4 Å². The summed E-state index contributed by atoms with van der Waals surface area (Å²) in [6.45, 7) is 0.370. The van der Waals surface area contributed by atoms with Gasteiger partial charge in [0, 0.05) is 4.47 Å². The summed E-state index contributed by atoms with van der Waals surface area (Å²) in [5, 5.41) is 11.7. The predicted molar refractivity (Wildman–Crippen MR) is 133 cm³/mol. The fourth-order valence-electron chi connectivity index (χ4n) is 3.33. The lowest BCUT2D eigenvalue weighted by Crippen LogP contribution is -2.30. The summed E-state index contributed by atoms with van der Waals surface area (Å²) in [7, 11) is 0. The monoisotopic (exact) mass is 584 g/mol. The maximum Gasteiger partial charge on any atom is 0.335 e. The van der Waals surface area contributed by atoms with Gasteiger partial charge in [-0.05, 0) is 75.1 Å². The average Bonchev–Trinajstić information content (AvgIpc) is 3.07. The van der Waals surface area contributed by atoms with E-state index in [2.05, 4.69) is 37.2 Å². The summed E-state index contributed by atoms with van der Waals surface area (Å²) in [4.78, 5) is 37.4. The lowest BCUT2D eigenvalue weighted by atomic mass is 10.1. The Morgan fingerprint density at radius 1 is 1.00 bits per heavy atom. The first-order valence-electron chi connectivity index (χ1n) is 10.1. The third kappa shape index (κ3) is 5.55. The van der Waals surface area contributed by atoms with Gasteiger partial charge in [0.1, 0.15) is 18.1 Å². The minimum absolute atomic E-state index is 0.175. The van der Waals surface area contributed by atoms with Gasteiger partial charge < -0.3 is 15.2 Å². The summed E-state index contributed by atoms with van der Waals surface area (Å²) in [6, 6.07) is 18.7. The Bertz CT molecular complexity index is 1300. The third-order valence-corrected chi connectivity index (χ3v) is 6.20. The van der Waals surface area contributed by atoms with E-state index in [4.69, 9.17) is 9.84 Å². The van der Waals surface area contributed by atoms with E-state index in [0.29, 0.717) is 15.8 Å². The largest absolute Gasteiger partial charge is 0.488 e. The van der Waals surface area contributed by atoms with Crippen LogP contribution in [0, 0.1) is 0 Å². The van der Waals surface area contributed by atoms with E-state index in [1.807, 2.05) is 24.3 Å². The summed E-state index contributed by atoms with van der Waals surface area (Å²) in [5.74, 6) is -0.839. The Hall–Kier alpha value is -3.43. The number of urea groups is 1. The van der Waals surface area contributed by atoms with Gasteiger partial charge in [-0.25, -0.2) is 9.59 Å². The van der Waals surface area contributed by atoms with Crippen LogP contribution < -0.4 is 10.1 Å². The van der Waals surface area contributed by atoms with Crippen LogP contribution in [0.5, 0.6) is 5.75 Å². The molecule has 0 atom stereocenters. The molecule has 0 aromatic heterocycles. The van der Waals surface area contributed by atoms with Gasteiger partial charge in [-0.15, -0.1) is 0 Å². The Morgan fingerprint density at radius 3 is 2.47 bits per heavy atom. The minimum Gasteiger partial charge on any atom is -0.488 e. The molecule has 2 N–H and O–H groups in total. The van der Waals surface area contributed by atoms with Crippen LogP contribution in [-0.4, -0.2) is 27.9 Å². The van der Waals surface area contributed by atoms with E-state index in [9.17, 15) is 14.4 Å². The third-order valence-electron chi connectivity index (χ3n) is 5.05. The van der Waals surface area contributed by atoms with Gasteiger partial charge in [-0.1, -0.05) is 46.3 Å². The zero-order valence-electron chi connectivity index (χ0n) is 17.6. The number of amides is 3. The van der Waals surface area contributed by atoms with Crippen LogP contribution in [0.3, 0.4) is 0 Å². The van der Waals surface area contributed by atoms with Crippen LogP contribution in [0.1, 0.15) is 27.0 Å². The van der Waals surface area contributed by atoms with Gasteiger partial charge in [-0.2, -0.15) is 0 Å². The molecule has 1 aliphatic rings. The fraction of sp³-hybridized carbons (Fsp3) is 0.0800. The molecule has 172 valence electrons. The van der Waals surface area contributed by atoms with Crippen molar-refractivity contribution in [3.8, 4) is 5.75 Å². The number of carbonyl (C=O) groups is 3. The molecule has 0 radical (unpaired) electrons. The molecule has 1 heterocycles. The molecule has 7 nitrogen and oxygen atoms in total. The van der Waals surface area contributed by atoms with Crippen LogP contribution in [0.15, 0.2) is 81.4 Å². The first-order chi connectivity index (χ1) is 16.3. The minimum atomic E-state index is -0.996. The van der Waals surface area contributed by atoms with Gasteiger partial charge in [0.2, 0.25) is 0 Å². The van der Waals surface area contributed by atoms with Crippen LogP contribution in [-0.2, 0) is 17.9 Å². The quantitative estimate of drug-likeness (QED) is 0.279. The van der Waals surface area contributed by atoms with Crippen molar-refractivity contribution in [2.24, 2.45) is 0 Å². The van der Waals surface area contributed by atoms with Gasteiger partial charge in [0.15, 0.2) is 0 Å². The average molecular weight is 586 g/mol. The second kappa shape index (κ2) is 10.2. The van der Waals surface area contributed by atoms with E-state index >= 15 is 0 Å². The Balaban J connectivity index is 1.44. The lowest BCUT2D eigenvalue weighted by Gasteiger charge is -2.11. The number of ether oxygens (including phenoxy) is 1. The van der Waals surface area contributed by atoms with Crippen molar-refractivity contribution in [3.63, 3.8) is 0 Å². The molecule has 1 fully saturated rings. The zero-order valence-corrected chi connectivity index (χ0v) is 20.8. The smallest absolute Gasteiger partial charge is 0.335 e. The summed E-state index contributed by atoms with van der Waals surface area (Å²) < 4.78 is 7.37. The Labute approximate surface area is 212 Å². The lowest BCUT2D eigenvalue weighted by molar-refractivity contribution is -0.123. The molecule has 4 rings (SSSR count). The molecule has 3 aromatic carbocycles. The molecule has 3 amide bonds. The summed E-state index contributed by atoms with van der Waals surface area (Å²) in [5.41, 5.74) is 2.64. The molecule has 0 unspecified atom stereocenters. The fourth-order valence-corrected chi connectivity index (χ4v) is 4.11. The van der Waals surface area contributed by atoms with Crippen molar-refractivity contribution < 1.29 is 24.2 Å². The summed E-state index contributed by atoms with van der Waals surface area (Å²) in [6.07, 6.45) is 1.60. The second-order valence-electron chi connectivity index (χ2n) is 7.49. The number of nitrogens with zero attached hydrogens (tertiary/aromatic N) is 1. The highest BCUT2D eigenvalue weighted by molar-refractivity contribution is 9.10. The number of carboxylic acids is 1. The maximum absolute atomic E-state index is 12.8. The summed E-state index contributed by atoms with van der Waals surface area (Å²) >= 11 is 6.83. The predicted octanol–water partition coefficient (Wildman–Crippen LogP) is 5.58. The standard InChI is InChI=1S/C25H18Br2N2O5/c26-19-7-4-15(5-8-19)13-29-23(30)21(28-25(29)33)12-16-6-9-22(20(27)11-16)34-14-17-2-1-3-18(10-17)24(31)32/h1-12H,13-14H2,(H,28,33)(H,31,32)/b21-12+. The molecule has 1 saturated heterocycles. The van der Waals surface area contributed by atoms with Crippen molar-refractivity contribution in [1.82, 2.24) is 10.2 Å². The SMILES string of the molecule is O=C(O)c1cccc(COc2ccc(/C=C3/NC(=O)N(Cc4ccc(Br)cc4)C3=O)cc2Br)c1. The van der Waals surface area contributed by atoms with Crippen molar-refractivity contribution >= 4 is 55.8 Å². The van der Waals surface area contributed by atoms with Crippen molar-refractivity contribution in [2.75, 3.05) is 0 Å². The second-order valence-corrected chi connectivity index (χ2v) is 9.26. The molecular weight excluding hydrogens is 568 g/mol. The number of hydrogen-bond donors (Lipinski definition) is 2. The maximum atomic E-state index is 12.8. The number of imide groups is 1. The van der Waals surface area contributed by atoms with Crippen LogP contribution in [0.2, 0.25) is 0 Å². The first kappa shape index (κ1) is 23.7. The topological polar surface area (TPSA) is 95.9 Å². The Morgan fingerprint density at radius 2 is 1.76 bits per heavy atom. The number of benzene rings is 3. The van der Waals surface area contributed by atoms with E-state index in [1.165, 1.54) is 6.07 Å². The van der Waals surface area contributed by atoms with Crippen molar-refractivity contribution in [2.45, 2.75) is 13.2 Å². The highest BCUT2D eigenvalue weighted by Gasteiger charge is 2.33. The van der Waals surface area contributed by atoms with E-state index in [1.54, 1.807) is 42.5 Å². The number of nitrogens with one attached hydrogen (secondary N) is 1. The zero-order chi connectivity index (χ0) is 24.2. The molecule has 34 heavy (non-hydrogen) atoms. The van der Waals surface area contributed by atoms with E-state index < -0.39 is 17.9 Å². The van der Waals surface area contributed by atoms with Gasteiger partial charge in [-0.3, -0.25) is 9.69 Å². The normalized spacial score (nSPS) is 14.4. The van der Waals surface area contributed by atoms with Crippen LogP contribution in [0.4, 0.5) is 4.79 Å². The van der Waals surface area contributed by atoms with Gasteiger partial charge >= 0.3 is 12.0 Å². The van der Waals surface area contributed by atoms with Crippen molar-refractivity contribution in [1.29, 1.82) is 0 Å². The molecular formula is C25H18Br2N2O5. The number of carbonyl (C=O) groups excluding carboxylic acids is 2. The molecule has 0 aliphatic carbocycles. The first-order valence-corrected chi connectivity index (χ1v) is 11.7. The molecule has 9 heteroatoms. The number of carboxylic acid groups (broad SMARTS) is 1.